The van der Waals surface area contributed by atoms with Crippen LogP contribution in [0.15, 0.2) is 66.7 Å². The highest BCUT2D eigenvalue weighted by Gasteiger charge is 2.36. The summed E-state index contributed by atoms with van der Waals surface area (Å²) in [5, 5.41) is 10.2. The van der Waals surface area contributed by atoms with E-state index in [2.05, 4.69) is 87.0 Å². The molecule has 47 heavy (non-hydrogen) atoms. The first-order chi connectivity index (χ1) is 22.6. The van der Waals surface area contributed by atoms with E-state index in [4.69, 9.17) is 25.4 Å². The summed E-state index contributed by atoms with van der Waals surface area (Å²) in [4.78, 5) is 4.50. The van der Waals surface area contributed by atoms with Crippen LogP contribution in [0, 0.1) is 29.6 Å². The van der Waals surface area contributed by atoms with Crippen LogP contribution in [0.5, 0.6) is 23.0 Å². The van der Waals surface area contributed by atoms with Crippen LogP contribution in [0.4, 0.5) is 0 Å². The van der Waals surface area contributed by atoms with Crippen LogP contribution in [0.3, 0.4) is 0 Å². The third-order valence-electron chi connectivity index (χ3n) is 8.89. The standard InChI is InChI=1S/C27H38N2O4.C13H17N/c1-20(2)27(19-28,22-10-12-24(31-5)26(18-22)33-7)14-8-15-29(3)16-13-21-9-11-23(30-4)25(17-21)32-6;1-4-10-14(3)12(2)11-13-8-6-5-7-9-13/h9-12,17-18,20H,8,13-16H2,1-7H3;1,5-9,12H,10-11H2,2-3H3. The van der Waals surface area contributed by atoms with Crippen molar-refractivity contribution in [2.24, 2.45) is 5.92 Å². The lowest BCUT2D eigenvalue weighted by molar-refractivity contribution is 0.287. The molecule has 0 radical (unpaired) electrons. The van der Waals surface area contributed by atoms with Gasteiger partial charge in [0.1, 0.15) is 0 Å². The summed E-state index contributed by atoms with van der Waals surface area (Å²) in [5.41, 5.74) is 2.97. The lowest BCUT2D eigenvalue weighted by Crippen LogP contribution is -2.32. The normalized spacial score (nSPS) is 12.7. The molecule has 0 amide bonds. The molecule has 0 spiro atoms. The van der Waals surface area contributed by atoms with E-state index in [-0.39, 0.29) is 5.92 Å². The highest BCUT2D eigenvalue weighted by Crippen LogP contribution is 2.40. The minimum Gasteiger partial charge on any atom is -0.493 e. The van der Waals surface area contributed by atoms with E-state index >= 15 is 0 Å². The number of ether oxygens (including phenoxy) is 4. The van der Waals surface area contributed by atoms with Gasteiger partial charge in [-0.2, -0.15) is 5.26 Å². The second-order valence-electron chi connectivity index (χ2n) is 12.3. The fraction of sp³-hybridized carbons (Fsp3) is 0.475. The van der Waals surface area contributed by atoms with Crippen molar-refractivity contribution in [2.75, 3.05) is 62.2 Å². The van der Waals surface area contributed by atoms with Crippen LogP contribution in [0.1, 0.15) is 50.3 Å². The van der Waals surface area contributed by atoms with E-state index in [0.717, 1.165) is 55.8 Å². The van der Waals surface area contributed by atoms with E-state index in [1.807, 2.05) is 36.4 Å². The Morgan fingerprint density at radius 3 is 1.91 bits per heavy atom. The van der Waals surface area contributed by atoms with Crippen LogP contribution in [-0.4, -0.2) is 78.0 Å². The first-order valence-electron chi connectivity index (χ1n) is 16.3. The third kappa shape index (κ3) is 11.5. The molecule has 0 heterocycles. The molecule has 2 unspecified atom stereocenters. The van der Waals surface area contributed by atoms with E-state index in [9.17, 15) is 5.26 Å². The first-order valence-corrected chi connectivity index (χ1v) is 16.3. The van der Waals surface area contributed by atoms with E-state index in [1.54, 1.807) is 28.4 Å². The van der Waals surface area contributed by atoms with Crippen LogP contribution in [0.25, 0.3) is 0 Å². The number of likely N-dealkylation sites (N-methyl/N-ethyl adjacent to an activating group) is 2. The van der Waals surface area contributed by atoms with Crippen molar-refractivity contribution < 1.29 is 18.9 Å². The Labute approximate surface area is 284 Å². The summed E-state index contributed by atoms with van der Waals surface area (Å²) in [6, 6.07) is 25.5. The van der Waals surface area contributed by atoms with Crippen molar-refractivity contribution in [3.05, 3.63) is 83.4 Å². The Morgan fingerprint density at radius 2 is 1.36 bits per heavy atom. The molecule has 0 aliphatic carbocycles. The topological polar surface area (TPSA) is 67.2 Å². The Balaban J connectivity index is 0.000000456. The molecule has 0 N–H and O–H groups in total. The Hall–Kier alpha value is -4.17. The van der Waals surface area contributed by atoms with Gasteiger partial charge in [0.25, 0.3) is 0 Å². The predicted octanol–water partition coefficient (Wildman–Crippen LogP) is 7.28. The zero-order valence-electron chi connectivity index (χ0n) is 30.0. The molecule has 0 aliphatic rings. The summed E-state index contributed by atoms with van der Waals surface area (Å²) < 4.78 is 21.6. The Morgan fingerprint density at radius 1 is 0.766 bits per heavy atom. The highest BCUT2D eigenvalue weighted by molar-refractivity contribution is 5.47. The summed E-state index contributed by atoms with van der Waals surface area (Å²) in [7, 11) is 10.7. The number of nitriles is 1. The molecule has 0 aliphatic heterocycles. The average molecular weight is 642 g/mol. The van der Waals surface area contributed by atoms with Gasteiger partial charge in [-0.1, -0.05) is 62.2 Å². The van der Waals surface area contributed by atoms with Gasteiger partial charge >= 0.3 is 0 Å². The summed E-state index contributed by atoms with van der Waals surface area (Å²) in [6.07, 6.45) is 8.93. The SMILES string of the molecule is C#CCN(C)C(C)Cc1ccccc1.COc1ccc(CCN(C)CCCC(C#N)(c2ccc(OC)c(OC)c2)C(C)C)cc1OC. The zero-order chi connectivity index (χ0) is 34.8. The minimum atomic E-state index is -0.580. The molecule has 3 rings (SSSR count). The molecule has 0 aromatic heterocycles. The second-order valence-corrected chi connectivity index (χ2v) is 12.3. The number of hydrogen-bond donors (Lipinski definition) is 0. The molecule has 254 valence electrons. The maximum atomic E-state index is 10.2. The molecular weight excluding hydrogens is 586 g/mol. The lowest BCUT2D eigenvalue weighted by atomic mass is 9.69. The molecule has 2 atom stereocenters. The molecule has 7 heteroatoms. The zero-order valence-corrected chi connectivity index (χ0v) is 30.0. The second kappa shape index (κ2) is 20.1. The van der Waals surface area contributed by atoms with Crippen molar-refractivity contribution in [3.63, 3.8) is 0 Å². The van der Waals surface area contributed by atoms with Gasteiger partial charge in [0.15, 0.2) is 23.0 Å². The van der Waals surface area contributed by atoms with E-state index < -0.39 is 5.41 Å². The van der Waals surface area contributed by atoms with Gasteiger partial charge in [-0.05, 0) is 100 Å². The van der Waals surface area contributed by atoms with E-state index in [0.29, 0.717) is 24.1 Å². The smallest absolute Gasteiger partial charge is 0.161 e. The first kappa shape index (κ1) is 39.0. The molecule has 0 bridgehead atoms. The lowest BCUT2D eigenvalue weighted by Gasteiger charge is -2.32. The maximum absolute atomic E-state index is 10.2. The highest BCUT2D eigenvalue weighted by atomic mass is 16.5. The monoisotopic (exact) mass is 641 g/mol. The third-order valence-corrected chi connectivity index (χ3v) is 8.89. The van der Waals surface area contributed by atoms with Crippen molar-refractivity contribution >= 4 is 0 Å². The molecule has 0 fully saturated rings. The number of methoxy groups -OCH3 is 4. The molecule has 0 saturated carbocycles. The van der Waals surface area contributed by atoms with Gasteiger partial charge in [0, 0.05) is 12.6 Å². The Kier molecular flexibility index (Phi) is 16.7. The van der Waals surface area contributed by atoms with Crippen molar-refractivity contribution in [2.45, 2.75) is 57.9 Å². The molecule has 3 aromatic rings. The van der Waals surface area contributed by atoms with Crippen molar-refractivity contribution in [1.29, 1.82) is 5.26 Å². The average Bonchev–Trinajstić information content (AvgIpc) is 3.09. The predicted molar refractivity (Wildman–Crippen MR) is 193 cm³/mol. The number of rotatable bonds is 17. The number of benzene rings is 3. The van der Waals surface area contributed by atoms with Crippen LogP contribution in [-0.2, 0) is 18.3 Å². The number of nitrogens with zero attached hydrogens (tertiary/aromatic N) is 3. The quantitative estimate of drug-likeness (QED) is 0.144. The van der Waals surface area contributed by atoms with E-state index in [1.165, 1.54) is 11.1 Å². The summed E-state index contributed by atoms with van der Waals surface area (Å²) in [6.45, 7) is 8.98. The van der Waals surface area contributed by atoms with Crippen LogP contribution < -0.4 is 18.9 Å². The number of terminal acetylenes is 1. The summed E-state index contributed by atoms with van der Waals surface area (Å²) in [5.74, 6) is 5.65. The van der Waals surface area contributed by atoms with Gasteiger partial charge in [0.05, 0.1) is 46.5 Å². The van der Waals surface area contributed by atoms with Crippen molar-refractivity contribution in [1.82, 2.24) is 9.80 Å². The van der Waals surface area contributed by atoms with Crippen molar-refractivity contribution in [3.8, 4) is 41.4 Å². The van der Waals surface area contributed by atoms with Gasteiger partial charge < -0.3 is 23.8 Å². The minimum absolute atomic E-state index is 0.165. The fourth-order valence-electron chi connectivity index (χ4n) is 5.64. The largest absolute Gasteiger partial charge is 0.493 e. The fourth-order valence-corrected chi connectivity index (χ4v) is 5.64. The van der Waals surface area contributed by atoms with Gasteiger partial charge in [-0.25, -0.2) is 0 Å². The Bertz CT molecular complexity index is 1430. The molecule has 3 aromatic carbocycles. The summed E-state index contributed by atoms with van der Waals surface area (Å²) >= 11 is 0. The van der Waals surface area contributed by atoms with Gasteiger partial charge in [0.2, 0.25) is 0 Å². The molecule has 7 nitrogen and oxygen atoms in total. The number of hydrogen-bond acceptors (Lipinski definition) is 7. The molecule has 0 saturated heterocycles. The van der Waals surface area contributed by atoms with Gasteiger partial charge in [-0.3, -0.25) is 4.90 Å². The van der Waals surface area contributed by atoms with Gasteiger partial charge in [-0.15, -0.1) is 6.42 Å². The van der Waals surface area contributed by atoms with Crippen LogP contribution in [0.2, 0.25) is 0 Å². The van der Waals surface area contributed by atoms with Crippen LogP contribution >= 0.6 is 0 Å². The maximum Gasteiger partial charge on any atom is 0.161 e. The molecular formula is C40H55N3O4.